The molecule has 0 saturated carbocycles. The third kappa shape index (κ3) is 23.4. The van der Waals surface area contributed by atoms with Crippen molar-refractivity contribution in [3.8, 4) is 0 Å². The number of carbonyl (C=O) groups excluding carboxylic acids is 2. The zero-order chi connectivity index (χ0) is 42.6. The summed E-state index contributed by atoms with van der Waals surface area (Å²) in [6, 6.07) is 2.19. The van der Waals surface area contributed by atoms with Gasteiger partial charge in [0.15, 0.2) is 6.10 Å². The molecule has 11 nitrogen and oxygen atoms in total. The van der Waals surface area contributed by atoms with Crippen LogP contribution in [0.1, 0.15) is 182 Å². The van der Waals surface area contributed by atoms with Crippen molar-refractivity contribution < 1.29 is 46.4 Å². The molecule has 0 aliphatic heterocycles. The zero-order valence-electron chi connectivity index (χ0n) is 37.5. The van der Waals surface area contributed by atoms with Crippen LogP contribution in [0.5, 0.6) is 0 Å². The number of rotatable bonds is 36. The Bertz CT molecular complexity index is 1450. The monoisotopic (exact) mass is 838 g/mol. The van der Waals surface area contributed by atoms with Crippen LogP contribution in [0.3, 0.4) is 0 Å². The van der Waals surface area contributed by atoms with Crippen molar-refractivity contribution in [2.24, 2.45) is 0 Å². The molecule has 0 amide bonds. The van der Waals surface area contributed by atoms with E-state index in [9.17, 15) is 19.0 Å². The number of phosphoric acid groups is 1. The molecule has 2 atom stereocenters. The molecule has 0 radical (unpaired) electrons. The fraction of sp³-hybridized carbons (Fsp3) is 0.783. The highest BCUT2D eigenvalue weighted by Gasteiger charge is 2.26. The van der Waals surface area contributed by atoms with Crippen LogP contribution in [-0.2, 0) is 58.4 Å². The summed E-state index contributed by atoms with van der Waals surface area (Å²) in [7, 11) is -0.754. The predicted molar refractivity (Wildman–Crippen MR) is 231 cm³/mol. The Morgan fingerprint density at radius 3 is 1.72 bits per heavy atom. The summed E-state index contributed by atoms with van der Waals surface area (Å²) in [4.78, 5) is 37.3. The van der Waals surface area contributed by atoms with E-state index in [0.29, 0.717) is 19.4 Å². The van der Waals surface area contributed by atoms with Crippen molar-refractivity contribution in [1.29, 1.82) is 0 Å². The van der Waals surface area contributed by atoms with E-state index >= 15 is 0 Å². The number of furan rings is 2. The molecule has 2 heterocycles. The van der Waals surface area contributed by atoms with Crippen LogP contribution in [0.2, 0.25) is 0 Å². The Kier molecular flexibility index (Phi) is 27.3. The molecule has 0 aliphatic rings. The van der Waals surface area contributed by atoms with Crippen LogP contribution in [0.25, 0.3) is 0 Å². The largest absolute Gasteiger partial charge is 0.472 e. The van der Waals surface area contributed by atoms with Crippen molar-refractivity contribution >= 4 is 19.8 Å². The van der Waals surface area contributed by atoms with Crippen molar-refractivity contribution in [2.75, 3.05) is 40.5 Å². The molecule has 0 bridgehead atoms. The molecule has 1 N–H and O–H groups in total. The maximum Gasteiger partial charge on any atom is 0.472 e. The minimum atomic E-state index is -4.39. The molecule has 1 unspecified atom stereocenters. The average molecular weight is 838 g/mol. The molecule has 0 fully saturated rings. The van der Waals surface area contributed by atoms with E-state index < -0.39 is 32.5 Å². The fourth-order valence-electron chi connectivity index (χ4n) is 6.94. The second kappa shape index (κ2) is 30.6. The van der Waals surface area contributed by atoms with Gasteiger partial charge in [-0.05, 0) is 96.1 Å². The van der Waals surface area contributed by atoms with Crippen LogP contribution in [0.15, 0.2) is 14.9 Å². The number of nitrogens with zero attached hydrogens (tertiary/aromatic N) is 1. The molecule has 2 rings (SSSR count). The predicted octanol–water partition coefficient (Wildman–Crippen LogP) is 11.7. The maximum atomic E-state index is 12.8. The highest BCUT2D eigenvalue weighted by Crippen LogP contribution is 2.43. The van der Waals surface area contributed by atoms with Gasteiger partial charge in [0.05, 0.1) is 13.2 Å². The fourth-order valence-corrected chi connectivity index (χ4v) is 7.68. The number of likely N-dealkylation sites (N-methyl/N-ethyl adjacent to an activating group) is 1. The molecule has 0 saturated heterocycles. The van der Waals surface area contributed by atoms with Gasteiger partial charge in [-0.1, -0.05) is 90.9 Å². The smallest absolute Gasteiger partial charge is 0.466 e. The molecule has 0 aromatic carbocycles. The van der Waals surface area contributed by atoms with E-state index in [1.807, 2.05) is 19.0 Å². The Morgan fingerprint density at radius 2 is 1.16 bits per heavy atom. The molecule has 2 aromatic rings. The van der Waals surface area contributed by atoms with Gasteiger partial charge in [0.1, 0.15) is 29.6 Å². The summed E-state index contributed by atoms with van der Waals surface area (Å²) >= 11 is 0. The normalized spacial score (nSPS) is 13.3. The lowest BCUT2D eigenvalue weighted by Gasteiger charge is -2.20. The third-order valence-corrected chi connectivity index (χ3v) is 11.7. The van der Waals surface area contributed by atoms with Gasteiger partial charge in [0.25, 0.3) is 0 Å². The minimum Gasteiger partial charge on any atom is -0.466 e. The Morgan fingerprint density at radius 1 is 0.655 bits per heavy atom. The first-order valence-corrected chi connectivity index (χ1v) is 24.1. The topological polar surface area (TPSA) is 138 Å². The van der Waals surface area contributed by atoms with E-state index in [0.717, 1.165) is 113 Å². The third-order valence-electron chi connectivity index (χ3n) is 10.8. The number of aryl methyl sites for hydroxylation is 5. The van der Waals surface area contributed by atoms with Crippen molar-refractivity contribution in [2.45, 2.75) is 195 Å². The Balaban J connectivity index is 1.67. The summed E-state index contributed by atoms with van der Waals surface area (Å²) in [6.07, 6.45) is 22.4. The molecule has 58 heavy (non-hydrogen) atoms. The van der Waals surface area contributed by atoms with Gasteiger partial charge in [-0.25, -0.2) is 4.57 Å². The lowest BCUT2D eigenvalue weighted by atomic mass is 10.0. The summed E-state index contributed by atoms with van der Waals surface area (Å²) in [5.41, 5.74) is 3.86. The standard InChI is InChI=1S/C46H80NO10P/c1-8-10-20-26-40-34-37(3)42(55-40)27-22-16-12-15-19-25-31-46(49)56-41(36-54-58(50,51)53-33-32-47(6)7)35-52-45(48)30-24-18-14-13-17-23-29-44-39(5)38(4)43(57-44)28-21-11-9-2/h34,41H,8-33,35-36H2,1-7H3,(H,50,51)/t41-/m1/s1. The van der Waals surface area contributed by atoms with Crippen LogP contribution in [-0.4, -0.2) is 68.3 Å². The van der Waals surface area contributed by atoms with E-state index in [1.165, 1.54) is 55.2 Å². The van der Waals surface area contributed by atoms with Crippen molar-refractivity contribution in [1.82, 2.24) is 4.90 Å². The number of hydrogen-bond donors (Lipinski definition) is 1. The number of carbonyl (C=O) groups is 2. The van der Waals surface area contributed by atoms with Gasteiger partial charge in [0.2, 0.25) is 0 Å². The number of hydrogen-bond acceptors (Lipinski definition) is 10. The zero-order valence-corrected chi connectivity index (χ0v) is 38.4. The van der Waals surface area contributed by atoms with Crippen LogP contribution < -0.4 is 0 Å². The molecule has 0 aliphatic carbocycles. The summed E-state index contributed by atoms with van der Waals surface area (Å²) in [5, 5.41) is 0. The van der Waals surface area contributed by atoms with Gasteiger partial charge in [-0.3, -0.25) is 18.6 Å². The number of ether oxygens (including phenoxy) is 2. The van der Waals surface area contributed by atoms with Crippen LogP contribution in [0.4, 0.5) is 0 Å². The molecular formula is C46H80NO10P. The van der Waals surface area contributed by atoms with Gasteiger partial charge in [-0.15, -0.1) is 0 Å². The Hall–Kier alpha value is -2.43. The summed E-state index contributed by atoms with van der Waals surface area (Å²) in [5.74, 6) is 3.63. The van der Waals surface area contributed by atoms with Gasteiger partial charge < -0.3 is 28.1 Å². The lowest BCUT2D eigenvalue weighted by Crippen LogP contribution is -2.29. The van der Waals surface area contributed by atoms with E-state index in [4.69, 9.17) is 27.4 Å². The molecule has 12 heteroatoms. The number of esters is 2. The quantitative estimate of drug-likeness (QED) is 0.0399. The van der Waals surface area contributed by atoms with Gasteiger partial charge >= 0.3 is 19.8 Å². The van der Waals surface area contributed by atoms with Gasteiger partial charge in [-0.2, -0.15) is 0 Å². The molecular weight excluding hydrogens is 757 g/mol. The minimum absolute atomic E-state index is 0.00779. The van der Waals surface area contributed by atoms with E-state index in [2.05, 4.69) is 40.7 Å². The van der Waals surface area contributed by atoms with E-state index in [1.54, 1.807) is 0 Å². The van der Waals surface area contributed by atoms with Crippen molar-refractivity contribution in [3.63, 3.8) is 0 Å². The maximum absolute atomic E-state index is 12.8. The number of unbranched alkanes of at least 4 members (excludes halogenated alkanes) is 14. The highest BCUT2D eigenvalue weighted by molar-refractivity contribution is 7.47. The summed E-state index contributed by atoms with van der Waals surface area (Å²) < 4.78 is 45.9. The molecule has 334 valence electrons. The summed E-state index contributed by atoms with van der Waals surface area (Å²) in [6.45, 7) is 10.6. The molecule has 2 aromatic heterocycles. The number of phosphoric ester groups is 1. The van der Waals surface area contributed by atoms with Crippen LogP contribution in [0, 0.1) is 20.8 Å². The average Bonchev–Trinajstić information content (AvgIpc) is 3.67. The lowest BCUT2D eigenvalue weighted by molar-refractivity contribution is -0.161. The van der Waals surface area contributed by atoms with Crippen molar-refractivity contribution in [3.05, 3.63) is 45.8 Å². The Labute approximate surface area is 351 Å². The van der Waals surface area contributed by atoms with Crippen LogP contribution >= 0.6 is 7.82 Å². The highest BCUT2D eigenvalue weighted by atomic mass is 31.2. The first-order chi connectivity index (χ1) is 27.8. The first kappa shape index (κ1) is 51.7. The van der Waals surface area contributed by atoms with Gasteiger partial charge in [0, 0.05) is 45.1 Å². The second-order valence-corrected chi connectivity index (χ2v) is 17.8. The van der Waals surface area contributed by atoms with E-state index in [-0.39, 0.29) is 26.1 Å². The molecule has 0 spiro atoms. The SMILES string of the molecule is CCCCCc1cc(C)c(CCCCCCCCC(=O)O[C@H](COC(=O)CCCCCCCCc2oc(CCCCC)c(C)c2C)COP(=O)(O)OCCN(C)C)o1. The second-order valence-electron chi connectivity index (χ2n) is 16.4. The first-order valence-electron chi connectivity index (χ1n) is 22.6.